The van der Waals surface area contributed by atoms with Crippen LogP contribution in [0.15, 0.2) is 437 Å². The molecule has 0 saturated carbocycles. The van der Waals surface area contributed by atoms with E-state index in [-0.39, 0.29) is 0 Å². The Kier molecular flexibility index (Phi) is 17.1. The number of benzene rings is 21. The molecule has 21 aromatic rings. The second-order valence-electron chi connectivity index (χ2n) is 27.9. The fourth-order valence-electron chi connectivity index (χ4n) is 17.1. The monoisotopic (exact) mass is 1370 g/mol. The smallest absolute Gasteiger partial charge is 0.00139 e. The van der Waals surface area contributed by atoms with E-state index in [1.54, 1.807) is 0 Å². The number of hydrogen-bond acceptors (Lipinski definition) is 0. The van der Waals surface area contributed by atoms with E-state index in [1.807, 2.05) is 0 Å². The predicted molar refractivity (Wildman–Crippen MR) is 466 cm³/mol. The van der Waals surface area contributed by atoms with Gasteiger partial charge in [-0.1, -0.05) is 425 Å². The first-order valence-electron chi connectivity index (χ1n) is 37.4. The molecular weight excluding hydrogens is 1300 g/mol. The Morgan fingerprint density at radius 3 is 0.731 bits per heavy atom. The van der Waals surface area contributed by atoms with E-state index in [4.69, 9.17) is 0 Å². The summed E-state index contributed by atoms with van der Waals surface area (Å²) in [6.07, 6.45) is 0. The number of hydrogen-bond donors (Lipinski definition) is 0. The molecule has 0 heteroatoms. The maximum absolute atomic E-state index is 2.38. The molecule has 21 aromatic carbocycles. The zero-order valence-electron chi connectivity index (χ0n) is 59.6. The summed E-state index contributed by atoms with van der Waals surface area (Å²) in [4.78, 5) is 0. The Morgan fingerprint density at radius 1 is 0.0926 bits per heavy atom. The molecule has 0 amide bonds. The van der Waals surface area contributed by atoms with Crippen molar-refractivity contribution in [2.24, 2.45) is 0 Å². The van der Waals surface area contributed by atoms with Crippen LogP contribution in [0.1, 0.15) is 0 Å². The molecule has 0 aliphatic heterocycles. The van der Waals surface area contributed by atoms with Crippen molar-refractivity contribution in [3.63, 3.8) is 0 Å². The van der Waals surface area contributed by atoms with Gasteiger partial charge in [0.15, 0.2) is 0 Å². The molecular formula is C108H72. The molecule has 0 fully saturated rings. The first-order valence-corrected chi connectivity index (χ1v) is 37.4. The van der Waals surface area contributed by atoms with Crippen LogP contribution >= 0.6 is 0 Å². The van der Waals surface area contributed by atoms with Crippen LogP contribution in [0.5, 0.6) is 0 Å². The van der Waals surface area contributed by atoms with Gasteiger partial charge in [-0.15, -0.1) is 0 Å². The molecule has 0 spiro atoms. The van der Waals surface area contributed by atoms with Gasteiger partial charge in [0.25, 0.3) is 0 Å². The SMILES string of the molecule is c1ccc(-c2cc(-c3c4ccccc4c(-c4ccccc4)c4ccccc34)c3ccccc3c2)cc1.c1ccc(-c2ccc(-c3c4ccccc4c(-c4ccccc4)c4ccccc34)c3ccccc23)cc1.c1ccc(-c2ccc3ccccc3c2-c2c3ccccc3c(-c3ccccc3)c3ccccc23)cc1. The van der Waals surface area contributed by atoms with E-state index >= 15 is 0 Å². The fraction of sp³-hybridized carbons (Fsp3) is 0. The quantitative estimate of drug-likeness (QED) is 0.126. The van der Waals surface area contributed by atoms with Crippen LogP contribution in [0.2, 0.25) is 0 Å². The minimum absolute atomic E-state index is 1.23. The van der Waals surface area contributed by atoms with E-state index in [0.29, 0.717) is 0 Å². The Bertz CT molecular complexity index is 6750. The third kappa shape index (κ3) is 11.7. The molecule has 0 heterocycles. The van der Waals surface area contributed by atoms with Crippen molar-refractivity contribution in [2.45, 2.75) is 0 Å². The lowest BCUT2D eigenvalue weighted by molar-refractivity contribution is 1.63. The maximum Gasteiger partial charge on any atom is -0.00139 e. The van der Waals surface area contributed by atoms with Crippen molar-refractivity contribution >= 4 is 97.0 Å². The lowest BCUT2D eigenvalue weighted by Gasteiger charge is -2.21. The Hall–Kier alpha value is -14.0. The van der Waals surface area contributed by atoms with Crippen LogP contribution in [0.25, 0.3) is 197 Å². The van der Waals surface area contributed by atoms with Gasteiger partial charge in [0, 0.05) is 0 Å². The summed E-state index contributed by atoms with van der Waals surface area (Å²) in [5, 5.41) is 23.0. The van der Waals surface area contributed by atoms with Gasteiger partial charge in [0.1, 0.15) is 0 Å². The maximum atomic E-state index is 2.38. The van der Waals surface area contributed by atoms with Gasteiger partial charge in [0.2, 0.25) is 0 Å². The van der Waals surface area contributed by atoms with E-state index in [0.717, 1.165) is 0 Å². The van der Waals surface area contributed by atoms with E-state index in [9.17, 15) is 0 Å². The summed E-state index contributed by atoms with van der Waals surface area (Å²) in [6.45, 7) is 0. The molecule has 0 aromatic heterocycles. The summed E-state index contributed by atoms with van der Waals surface area (Å²) < 4.78 is 0. The van der Waals surface area contributed by atoms with Crippen LogP contribution in [0.3, 0.4) is 0 Å². The third-order valence-electron chi connectivity index (χ3n) is 21.8. The standard InChI is InChI=1S/3C36H24/c1-3-13-25(14-4-1)29-24-23-26-15-7-8-18-28(26)35(29)36-32-21-11-9-19-30(32)34(27-16-5-2-6-17-27)31-20-10-12-22-33(31)36;1-3-13-25(14-4-1)28-23-27-17-7-8-18-29(27)34(24-28)36-32-21-11-9-19-30(32)35(26-15-5-2-6-16-26)31-20-10-12-22-33(31)36;1-3-13-25(14-4-1)27-23-24-34(29-18-8-7-17-28(27)29)36-32-21-11-9-19-30(32)35(26-15-5-2-6-16-26)31-20-10-12-22-33(31)36/h3*1-24H. The lowest BCUT2D eigenvalue weighted by atomic mass is 9.82. The molecule has 0 N–H and O–H groups in total. The summed E-state index contributed by atoms with van der Waals surface area (Å²) in [5.41, 5.74) is 22.9. The second-order valence-corrected chi connectivity index (χ2v) is 27.9. The van der Waals surface area contributed by atoms with Gasteiger partial charge >= 0.3 is 0 Å². The van der Waals surface area contributed by atoms with E-state index in [2.05, 4.69) is 437 Å². The molecule has 108 heavy (non-hydrogen) atoms. The van der Waals surface area contributed by atoms with Crippen LogP contribution in [0.4, 0.5) is 0 Å². The zero-order chi connectivity index (χ0) is 71.7. The summed E-state index contributed by atoms with van der Waals surface area (Å²) >= 11 is 0. The van der Waals surface area contributed by atoms with Crippen molar-refractivity contribution in [1.82, 2.24) is 0 Å². The highest BCUT2D eigenvalue weighted by Crippen LogP contribution is 2.51. The van der Waals surface area contributed by atoms with Gasteiger partial charge < -0.3 is 0 Å². The van der Waals surface area contributed by atoms with Crippen LogP contribution in [-0.2, 0) is 0 Å². The van der Waals surface area contributed by atoms with Crippen molar-refractivity contribution in [3.05, 3.63) is 437 Å². The molecule has 0 radical (unpaired) electrons. The van der Waals surface area contributed by atoms with Gasteiger partial charge in [-0.3, -0.25) is 0 Å². The van der Waals surface area contributed by atoms with Crippen molar-refractivity contribution in [1.29, 1.82) is 0 Å². The highest BCUT2D eigenvalue weighted by atomic mass is 14.3. The van der Waals surface area contributed by atoms with Gasteiger partial charge in [0.05, 0.1) is 0 Å². The van der Waals surface area contributed by atoms with Gasteiger partial charge in [-0.05, 0) is 209 Å². The van der Waals surface area contributed by atoms with Crippen molar-refractivity contribution < 1.29 is 0 Å². The Morgan fingerprint density at radius 2 is 0.343 bits per heavy atom. The minimum Gasteiger partial charge on any atom is -0.0622 e. The zero-order valence-corrected chi connectivity index (χ0v) is 59.6. The fourth-order valence-corrected chi connectivity index (χ4v) is 17.1. The Labute approximate surface area is 629 Å². The largest absolute Gasteiger partial charge is 0.0622 e. The first-order chi connectivity index (χ1) is 53.7. The van der Waals surface area contributed by atoms with Crippen molar-refractivity contribution in [2.75, 3.05) is 0 Å². The summed E-state index contributed by atoms with van der Waals surface area (Å²) in [7, 11) is 0. The van der Waals surface area contributed by atoms with Crippen LogP contribution < -0.4 is 0 Å². The minimum atomic E-state index is 1.23. The molecule has 0 saturated heterocycles. The molecule has 0 aliphatic carbocycles. The first kappa shape index (κ1) is 64.8. The molecule has 0 bridgehead atoms. The molecule has 0 nitrogen and oxygen atoms in total. The number of rotatable bonds is 9. The second kappa shape index (κ2) is 28.5. The molecule has 21 rings (SSSR count). The summed E-state index contributed by atoms with van der Waals surface area (Å²) in [5.74, 6) is 0. The highest BCUT2D eigenvalue weighted by molar-refractivity contribution is 6.28. The van der Waals surface area contributed by atoms with Gasteiger partial charge in [-0.25, -0.2) is 0 Å². The molecule has 0 aliphatic rings. The predicted octanol–water partition coefficient (Wildman–Crippen LogP) is 30.4. The highest BCUT2D eigenvalue weighted by Gasteiger charge is 2.24. The Balaban J connectivity index is 0.000000110. The summed E-state index contributed by atoms with van der Waals surface area (Å²) in [6, 6.07) is 158. The van der Waals surface area contributed by atoms with Crippen LogP contribution in [-0.4, -0.2) is 0 Å². The normalized spacial score (nSPS) is 11.3. The molecule has 0 unspecified atom stereocenters. The number of fused-ring (bicyclic) bond motifs is 9. The third-order valence-corrected chi connectivity index (χ3v) is 21.8. The van der Waals surface area contributed by atoms with Crippen molar-refractivity contribution in [3.8, 4) is 100 Å². The molecule has 504 valence electrons. The van der Waals surface area contributed by atoms with E-state index in [1.165, 1.54) is 197 Å². The lowest BCUT2D eigenvalue weighted by Crippen LogP contribution is -1.94. The average Bonchev–Trinajstić information content (AvgIpc) is 0.733. The van der Waals surface area contributed by atoms with E-state index < -0.39 is 0 Å². The molecule has 0 atom stereocenters. The topological polar surface area (TPSA) is 0 Å². The average molecular weight is 1370 g/mol. The van der Waals surface area contributed by atoms with Gasteiger partial charge in [-0.2, -0.15) is 0 Å². The van der Waals surface area contributed by atoms with Crippen LogP contribution in [0, 0.1) is 0 Å².